The normalized spacial score (nSPS) is 18.9. The number of halogens is 3. The molecule has 1 aromatic heterocycles. The molecule has 2 N–H and O–H groups in total. The lowest BCUT2D eigenvalue weighted by atomic mass is 9.85. The van der Waals surface area contributed by atoms with Gasteiger partial charge in [0.1, 0.15) is 11.4 Å². The molecule has 3 rings (SSSR count). The topological polar surface area (TPSA) is 83.6 Å². The van der Waals surface area contributed by atoms with Gasteiger partial charge in [-0.3, -0.25) is 4.79 Å². The predicted octanol–water partition coefficient (Wildman–Crippen LogP) is 3.64. The highest BCUT2D eigenvalue weighted by Crippen LogP contribution is 2.30. The lowest BCUT2D eigenvalue weighted by Gasteiger charge is -2.38. The molecule has 10 heteroatoms. The number of likely N-dealkylation sites (tertiary alicyclic amines) is 1. The van der Waals surface area contributed by atoms with E-state index >= 15 is 0 Å². The minimum Gasteiger partial charge on any atom is -0.497 e. The van der Waals surface area contributed by atoms with Crippen LogP contribution in [0.25, 0.3) is 0 Å². The van der Waals surface area contributed by atoms with Crippen molar-refractivity contribution in [2.45, 2.75) is 31.5 Å². The van der Waals surface area contributed by atoms with Crippen LogP contribution in [0, 0.1) is 0 Å². The lowest BCUT2D eigenvalue weighted by Crippen LogP contribution is -2.53. The number of hydrogen-bond donors (Lipinski definition) is 2. The van der Waals surface area contributed by atoms with Gasteiger partial charge >= 0.3 is 12.2 Å². The van der Waals surface area contributed by atoms with Crippen LogP contribution in [0.2, 0.25) is 0 Å². The maximum atomic E-state index is 12.6. The standard InChI is InChI=1S/C21H23F3N4O3/c1-13(29)28-10-9-17(14-3-6-16(31-2)7-4-14)18(12-28)27-20(30)26-15-5-8-19(25-11-15)21(22,23)24/h3-8,11,17-18H,9-10,12H2,1-2H3,(H2,26,27,30)/t17-,18+/m0/s1. The highest BCUT2D eigenvalue weighted by Gasteiger charge is 2.33. The van der Waals surface area contributed by atoms with Crippen LogP contribution in [0.1, 0.15) is 30.5 Å². The van der Waals surface area contributed by atoms with Crippen molar-refractivity contribution in [3.05, 3.63) is 53.9 Å². The van der Waals surface area contributed by atoms with Gasteiger partial charge in [0, 0.05) is 25.9 Å². The third-order valence-corrected chi connectivity index (χ3v) is 5.23. The molecule has 0 bridgehead atoms. The number of anilines is 1. The number of hydrogen-bond acceptors (Lipinski definition) is 4. The fraction of sp³-hybridized carbons (Fsp3) is 0.381. The summed E-state index contributed by atoms with van der Waals surface area (Å²) in [5, 5.41) is 5.35. The molecule has 0 aliphatic carbocycles. The summed E-state index contributed by atoms with van der Waals surface area (Å²) in [7, 11) is 1.57. The molecule has 3 amide bonds. The first-order valence-corrected chi connectivity index (χ1v) is 9.67. The Bertz CT molecular complexity index is 917. The third kappa shape index (κ3) is 5.65. The Morgan fingerprint density at radius 3 is 2.42 bits per heavy atom. The SMILES string of the molecule is COc1ccc([C@@H]2CCN(C(C)=O)C[C@H]2NC(=O)Nc2ccc(C(F)(F)F)nc2)cc1. The van der Waals surface area contributed by atoms with Crippen LogP contribution in [0.3, 0.4) is 0 Å². The summed E-state index contributed by atoms with van der Waals surface area (Å²) in [4.78, 5) is 29.4. The van der Waals surface area contributed by atoms with E-state index in [2.05, 4.69) is 15.6 Å². The van der Waals surface area contributed by atoms with E-state index in [-0.39, 0.29) is 23.6 Å². The van der Waals surface area contributed by atoms with Crippen LogP contribution in [-0.4, -0.2) is 48.1 Å². The first kappa shape index (κ1) is 22.4. The average Bonchev–Trinajstić information content (AvgIpc) is 2.73. The van der Waals surface area contributed by atoms with Crippen LogP contribution in [0.4, 0.5) is 23.7 Å². The van der Waals surface area contributed by atoms with Crippen molar-refractivity contribution < 1.29 is 27.5 Å². The zero-order valence-corrected chi connectivity index (χ0v) is 17.1. The Balaban J connectivity index is 1.72. The van der Waals surface area contributed by atoms with E-state index in [0.717, 1.165) is 23.9 Å². The number of carbonyl (C=O) groups is 2. The number of piperidine rings is 1. The largest absolute Gasteiger partial charge is 0.497 e. The fourth-order valence-electron chi connectivity index (χ4n) is 3.61. The molecular formula is C21H23F3N4O3. The van der Waals surface area contributed by atoms with Gasteiger partial charge in [-0.1, -0.05) is 12.1 Å². The third-order valence-electron chi connectivity index (χ3n) is 5.23. The zero-order valence-electron chi connectivity index (χ0n) is 17.1. The summed E-state index contributed by atoms with van der Waals surface area (Å²) in [6, 6.07) is 8.46. The summed E-state index contributed by atoms with van der Waals surface area (Å²) >= 11 is 0. The number of pyridine rings is 1. The van der Waals surface area contributed by atoms with Gasteiger partial charge in [-0.2, -0.15) is 13.2 Å². The number of benzene rings is 1. The Hall–Kier alpha value is -3.30. The van der Waals surface area contributed by atoms with Gasteiger partial charge < -0.3 is 20.3 Å². The molecule has 7 nitrogen and oxygen atoms in total. The van der Waals surface area contributed by atoms with Crippen LogP contribution < -0.4 is 15.4 Å². The molecule has 0 radical (unpaired) electrons. The van der Waals surface area contributed by atoms with Crippen LogP contribution in [0.15, 0.2) is 42.6 Å². The highest BCUT2D eigenvalue weighted by molar-refractivity contribution is 5.89. The van der Waals surface area contributed by atoms with Crippen molar-refractivity contribution in [3.63, 3.8) is 0 Å². The summed E-state index contributed by atoms with van der Waals surface area (Å²) in [5.41, 5.74) is 0.0821. The summed E-state index contributed by atoms with van der Waals surface area (Å²) in [6.07, 6.45) is -2.95. The molecule has 1 aliphatic heterocycles. The van der Waals surface area contributed by atoms with E-state index in [1.807, 2.05) is 24.3 Å². The molecule has 166 valence electrons. The van der Waals surface area contributed by atoms with Gasteiger partial charge in [0.2, 0.25) is 5.91 Å². The highest BCUT2D eigenvalue weighted by atomic mass is 19.4. The Morgan fingerprint density at radius 2 is 1.87 bits per heavy atom. The van der Waals surface area contributed by atoms with Crippen molar-refractivity contribution in [3.8, 4) is 5.75 Å². The number of urea groups is 1. The van der Waals surface area contributed by atoms with E-state index in [0.29, 0.717) is 25.3 Å². The second kappa shape index (κ2) is 9.23. The van der Waals surface area contributed by atoms with Crippen LogP contribution >= 0.6 is 0 Å². The molecule has 1 aromatic carbocycles. The number of nitrogens with zero attached hydrogens (tertiary/aromatic N) is 2. The second-order valence-corrected chi connectivity index (χ2v) is 7.27. The van der Waals surface area contributed by atoms with Gasteiger partial charge in [0.15, 0.2) is 0 Å². The summed E-state index contributed by atoms with van der Waals surface area (Å²) in [5.74, 6) is 0.576. The van der Waals surface area contributed by atoms with Crippen molar-refractivity contribution in [1.82, 2.24) is 15.2 Å². The number of amides is 3. The van der Waals surface area contributed by atoms with Gasteiger partial charge in [-0.25, -0.2) is 9.78 Å². The van der Waals surface area contributed by atoms with Gasteiger partial charge in [0.25, 0.3) is 0 Å². The summed E-state index contributed by atoms with van der Waals surface area (Å²) < 4.78 is 43.1. The zero-order chi connectivity index (χ0) is 22.6. The summed E-state index contributed by atoms with van der Waals surface area (Å²) in [6.45, 7) is 2.36. The van der Waals surface area contributed by atoms with Gasteiger partial charge in [-0.15, -0.1) is 0 Å². The molecular weight excluding hydrogens is 413 g/mol. The minimum absolute atomic E-state index is 0.0435. The van der Waals surface area contributed by atoms with Gasteiger partial charge in [0.05, 0.1) is 25.0 Å². The lowest BCUT2D eigenvalue weighted by molar-refractivity contribution is -0.141. The van der Waals surface area contributed by atoms with Crippen molar-refractivity contribution in [2.75, 3.05) is 25.5 Å². The first-order chi connectivity index (χ1) is 14.7. The number of nitrogens with one attached hydrogen (secondary N) is 2. The molecule has 2 aromatic rings. The Kier molecular flexibility index (Phi) is 6.67. The van der Waals surface area contributed by atoms with Gasteiger partial charge in [-0.05, 0) is 36.2 Å². The number of carbonyl (C=O) groups excluding carboxylic acids is 2. The number of methoxy groups -OCH3 is 1. The molecule has 2 atom stereocenters. The minimum atomic E-state index is -4.55. The molecule has 1 aliphatic rings. The van der Waals surface area contributed by atoms with Crippen LogP contribution in [0.5, 0.6) is 5.75 Å². The molecule has 0 saturated carbocycles. The molecule has 1 saturated heterocycles. The average molecular weight is 436 g/mol. The van der Waals surface area contributed by atoms with Crippen LogP contribution in [-0.2, 0) is 11.0 Å². The molecule has 31 heavy (non-hydrogen) atoms. The van der Waals surface area contributed by atoms with E-state index in [1.54, 1.807) is 12.0 Å². The monoisotopic (exact) mass is 436 g/mol. The van der Waals surface area contributed by atoms with Crippen molar-refractivity contribution >= 4 is 17.6 Å². The maximum Gasteiger partial charge on any atom is 0.433 e. The Labute approximate surface area is 177 Å². The number of alkyl halides is 3. The second-order valence-electron chi connectivity index (χ2n) is 7.27. The molecule has 2 heterocycles. The molecule has 0 unspecified atom stereocenters. The number of ether oxygens (including phenoxy) is 1. The fourth-order valence-corrected chi connectivity index (χ4v) is 3.61. The Morgan fingerprint density at radius 1 is 1.16 bits per heavy atom. The molecule has 0 spiro atoms. The van der Waals surface area contributed by atoms with Crippen molar-refractivity contribution in [1.29, 1.82) is 0 Å². The smallest absolute Gasteiger partial charge is 0.433 e. The van der Waals surface area contributed by atoms with E-state index < -0.39 is 17.9 Å². The predicted molar refractivity (Wildman–Crippen MR) is 108 cm³/mol. The van der Waals surface area contributed by atoms with E-state index in [9.17, 15) is 22.8 Å². The quantitative estimate of drug-likeness (QED) is 0.767. The first-order valence-electron chi connectivity index (χ1n) is 9.67. The maximum absolute atomic E-state index is 12.6. The molecule has 1 fully saturated rings. The number of aromatic nitrogens is 1. The number of rotatable bonds is 4. The van der Waals surface area contributed by atoms with E-state index in [4.69, 9.17) is 4.74 Å². The van der Waals surface area contributed by atoms with Crippen molar-refractivity contribution in [2.24, 2.45) is 0 Å². The van der Waals surface area contributed by atoms with E-state index in [1.165, 1.54) is 6.92 Å².